The van der Waals surface area contributed by atoms with E-state index in [0.29, 0.717) is 22.7 Å². The molecule has 1 unspecified atom stereocenters. The molecule has 0 aliphatic rings. The molecule has 2 amide bonds. The van der Waals surface area contributed by atoms with Crippen molar-refractivity contribution in [1.29, 1.82) is 0 Å². The van der Waals surface area contributed by atoms with Crippen LogP contribution in [0.3, 0.4) is 0 Å². The van der Waals surface area contributed by atoms with E-state index in [9.17, 15) is 9.59 Å². The van der Waals surface area contributed by atoms with Crippen molar-refractivity contribution < 1.29 is 14.0 Å². The number of fused-ring (bicyclic) bond motifs is 1. The maximum absolute atomic E-state index is 12.4. The quantitative estimate of drug-likeness (QED) is 0.766. The first-order valence-corrected chi connectivity index (χ1v) is 7.85. The molecule has 0 spiro atoms. The van der Waals surface area contributed by atoms with E-state index in [4.69, 9.17) is 4.42 Å². The Balaban J connectivity index is 1.61. The first-order chi connectivity index (χ1) is 11.9. The Hall–Kier alpha value is -3.16. The van der Waals surface area contributed by atoms with Gasteiger partial charge in [0.05, 0.1) is 6.54 Å². The van der Waals surface area contributed by atoms with Gasteiger partial charge >= 0.3 is 0 Å². The Morgan fingerprint density at radius 3 is 2.92 bits per heavy atom. The van der Waals surface area contributed by atoms with Gasteiger partial charge in [-0.2, -0.15) is 5.10 Å². The average Bonchev–Trinajstić information content (AvgIpc) is 3.21. The predicted molar refractivity (Wildman–Crippen MR) is 92.0 cm³/mol. The van der Waals surface area contributed by atoms with Crippen molar-refractivity contribution in [2.24, 2.45) is 0 Å². The molecule has 130 valence electrons. The minimum absolute atomic E-state index is 0.0552. The number of aryl methyl sites for hydroxylation is 1. The highest BCUT2D eigenvalue weighted by atomic mass is 16.3. The molecule has 0 saturated carbocycles. The van der Waals surface area contributed by atoms with Crippen LogP contribution in [0.25, 0.3) is 11.1 Å². The van der Waals surface area contributed by atoms with Gasteiger partial charge in [0.15, 0.2) is 11.5 Å². The van der Waals surface area contributed by atoms with Crippen molar-refractivity contribution in [2.75, 3.05) is 18.9 Å². The van der Waals surface area contributed by atoms with E-state index in [1.54, 1.807) is 62.2 Å². The molecule has 0 fully saturated rings. The standard InChI is InChI=1S/C17H19N5O3/c1-11(22-8-4-7-18-22)17(24)21(3)10-16(23)20-13-5-6-15-14(9-13)19-12(2)25-15/h4-9,11H,10H2,1-3H3,(H,20,23). The van der Waals surface area contributed by atoms with Crippen molar-refractivity contribution in [3.63, 3.8) is 0 Å². The third-order valence-electron chi connectivity index (χ3n) is 3.81. The van der Waals surface area contributed by atoms with Crippen molar-refractivity contribution in [2.45, 2.75) is 19.9 Å². The second kappa shape index (κ2) is 6.76. The van der Waals surface area contributed by atoms with Gasteiger partial charge in [-0.3, -0.25) is 14.3 Å². The fourth-order valence-electron chi connectivity index (χ4n) is 2.56. The van der Waals surface area contributed by atoms with E-state index in [-0.39, 0.29) is 18.4 Å². The monoisotopic (exact) mass is 341 g/mol. The third-order valence-corrected chi connectivity index (χ3v) is 3.81. The van der Waals surface area contributed by atoms with Crippen LogP contribution < -0.4 is 5.32 Å². The number of rotatable bonds is 5. The molecule has 1 atom stereocenters. The molecule has 3 rings (SSSR count). The normalized spacial score (nSPS) is 12.1. The molecule has 3 aromatic rings. The van der Waals surface area contributed by atoms with Crippen molar-refractivity contribution in [3.05, 3.63) is 42.5 Å². The van der Waals surface area contributed by atoms with Crippen molar-refractivity contribution >= 4 is 28.6 Å². The molecule has 2 aromatic heterocycles. The van der Waals surface area contributed by atoms with Gasteiger partial charge in [0.2, 0.25) is 11.8 Å². The summed E-state index contributed by atoms with van der Waals surface area (Å²) in [6.07, 6.45) is 3.32. The number of aromatic nitrogens is 3. The van der Waals surface area contributed by atoms with E-state index < -0.39 is 6.04 Å². The number of hydrogen-bond donors (Lipinski definition) is 1. The largest absolute Gasteiger partial charge is 0.441 e. The lowest BCUT2D eigenvalue weighted by atomic mass is 10.2. The maximum Gasteiger partial charge on any atom is 0.247 e. The molecule has 8 heteroatoms. The first kappa shape index (κ1) is 16.7. The van der Waals surface area contributed by atoms with Crippen LogP contribution in [0.1, 0.15) is 18.9 Å². The maximum atomic E-state index is 12.4. The van der Waals surface area contributed by atoms with Gasteiger partial charge in [0, 0.05) is 32.1 Å². The summed E-state index contributed by atoms with van der Waals surface area (Å²) in [7, 11) is 1.59. The second-order valence-corrected chi connectivity index (χ2v) is 5.82. The predicted octanol–water partition coefficient (Wildman–Crippen LogP) is 1.99. The zero-order valence-electron chi connectivity index (χ0n) is 14.3. The van der Waals surface area contributed by atoms with Gasteiger partial charge in [0.1, 0.15) is 11.6 Å². The lowest BCUT2D eigenvalue weighted by Gasteiger charge is -2.21. The van der Waals surface area contributed by atoms with Crippen molar-refractivity contribution in [3.8, 4) is 0 Å². The van der Waals surface area contributed by atoms with Gasteiger partial charge in [-0.1, -0.05) is 0 Å². The number of likely N-dealkylation sites (N-methyl/N-ethyl adjacent to an activating group) is 1. The molecule has 0 aliphatic carbocycles. The minimum Gasteiger partial charge on any atom is -0.441 e. The molecular formula is C17H19N5O3. The summed E-state index contributed by atoms with van der Waals surface area (Å²) < 4.78 is 6.95. The van der Waals surface area contributed by atoms with Gasteiger partial charge in [0.25, 0.3) is 0 Å². The molecule has 0 saturated heterocycles. The molecular weight excluding hydrogens is 322 g/mol. The zero-order valence-corrected chi connectivity index (χ0v) is 14.3. The van der Waals surface area contributed by atoms with Crippen LogP contribution in [0.4, 0.5) is 5.69 Å². The van der Waals surface area contributed by atoms with E-state index in [1.165, 1.54) is 4.90 Å². The fraction of sp³-hybridized carbons (Fsp3) is 0.294. The van der Waals surface area contributed by atoms with Crippen LogP contribution in [-0.2, 0) is 9.59 Å². The minimum atomic E-state index is -0.470. The Kier molecular flexibility index (Phi) is 4.51. The van der Waals surface area contributed by atoms with Crippen LogP contribution in [0, 0.1) is 6.92 Å². The molecule has 1 N–H and O–H groups in total. The van der Waals surface area contributed by atoms with Crippen LogP contribution in [0.2, 0.25) is 0 Å². The Morgan fingerprint density at radius 2 is 2.20 bits per heavy atom. The lowest BCUT2D eigenvalue weighted by Crippen LogP contribution is -2.38. The van der Waals surface area contributed by atoms with E-state index in [0.717, 1.165) is 0 Å². The summed E-state index contributed by atoms with van der Waals surface area (Å²) in [5, 5.41) is 6.82. The van der Waals surface area contributed by atoms with Crippen LogP contribution in [-0.4, -0.2) is 45.1 Å². The van der Waals surface area contributed by atoms with E-state index in [2.05, 4.69) is 15.4 Å². The van der Waals surface area contributed by atoms with E-state index >= 15 is 0 Å². The smallest absolute Gasteiger partial charge is 0.247 e. The number of anilines is 1. The number of oxazole rings is 1. The number of hydrogen-bond acceptors (Lipinski definition) is 5. The average molecular weight is 341 g/mol. The Morgan fingerprint density at radius 1 is 1.40 bits per heavy atom. The van der Waals surface area contributed by atoms with Gasteiger partial charge in [-0.25, -0.2) is 4.98 Å². The lowest BCUT2D eigenvalue weighted by molar-refractivity contribution is -0.136. The van der Waals surface area contributed by atoms with E-state index in [1.807, 2.05) is 0 Å². The highest BCUT2D eigenvalue weighted by Gasteiger charge is 2.21. The molecule has 2 heterocycles. The molecule has 1 aromatic carbocycles. The summed E-state index contributed by atoms with van der Waals surface area (Å²) in [4.78, 5) is 30.2. The van der Waals surface area contributed by atoms with Crippen LogP contribution in [0.15, 0.2) is 41.1 Å². The second-order valence-electron chi connectivity index (χ2n) is 5.82. The molecule has 0 bridgehead atoms. The third kappa shape index (κ3) is 3.68. The topological polar surface area (TPSA) is 93.3 Å². The van der Waals surface area contributed by atoms with Crippen molar-refractivity contribution in [1.82, 2.24) is 19.7 Å². The zero-order chi connectivity index (χ0) is 18.0. The van der Waals surface area contributed by atoms with Crippen LogP contribution >= 0.6 is 0 Å². The summed E-state index contributed by atoms with van der Waals surface area (Å²) >= 11 is 0. The number of amides is 2. The summed E-state index contributed by atoms with van der Waals surface area (Å²) in [5.41, 5.74) is 1.94. The SMILES string of the molecule is Cc1nc2cc(NC(=O)CN(C)C(=O)C(C)n3cccn3)ccc2o1. The van der Waals surface area contributed by atoms with Gasteiger partial charge < -0.3 is 14.6 Å². The van der Waals surface area contributed by atoms with Gasteiger partial charge in [-0.05, 0) is 31.2 Å². The number of carbonyl (C=O) groups excluding carboxylic acids is 2. The fourth-order valence-corrected chi connectivity index (χ4v) is 2.56. The molecule has 8 nitrogen and oxygen atoms in total. The summed E-state index contributed by atoms with van der Waals surface area (Å²) in [6.45, 7) is 3.45. The number of carbonyl (C=O) groups is 2. The molecule has 0 radical (unpaired) electrons. The molecule has 0 aliphatic heterocycles. The Labute approximate surface area is 144 Å². The summed E-state index contributed by atoms with van der Waals surface area (Å²) in [5.74, 6) is 0.0842. The number of benzene rings is 1. The number of nitrogens with zero attached hydrogens (tertiary/aromatic N) is 4. The van der Waals surface area contributed by atoms with Gasteiger partial charge in [-0.15, -0.1) is 0 Å². The highest BCUT2D eigenvalue weighted by molar-refractivity contribution is 5.96. The molecule has 25 heavy (non-hydrogen) atoms. The summed E-state index contributed by atoms with van der Waals surface area (Å²) in [6, 6.07) is 6.50. The number of nitrogens with one attached hydrogen (secondary N) is 1. The first-order valence-electron chi connectivity index (χ1n) is 7.85. The van der Waals surface area contributed by atoms with Crippen LogP contribution in [0.5, 0.6) is 0 Å². The highest BCUT2D eigenvalue weighted by Crippen LogP contribution is 2.19. The Bertz CT molecular complexity index is 900.